The molecule has 6 nitrogen and oxygen atoms in total. The van der Waals surface area contributed by atoms with Crippen LogP contribution in [0.25, 0.3) is 0 Å². The Balaban J connectivity index is 4.22. The molecule has 0 bridgehead atoms. The van der Waals surface area contributed by atoms with E-state index < -0.39 is 6.10 Å². The zero-order valence-electron chi connectivity index (χ0n) is 51.2. The Morgan fingerprint density at radius 2 is 0.519 bits per heavy atom. The molecule has 0 fully saturated rings. The van der Waals surface area contributed by atoms with Crippen molar-refractivity contribution in [1.29, 1.82) is 0 Å². The lowest BCUT2D eigenvalue weighted by atomic mass is 10.0. The molecule has 0 saturated heterocycles. The third kappa shape index (κ3) is 63.6. The van der Waals surface area contributed by atoms with Crippen molar-refractivity contribution in [3.05, 3.63) is 72.9 Å². The molecule has 0 aliphatic heterocycles. The van der Waals surface area contributed by atoms with Crippen molar-refractivity contribution >= 4 is 17.9 Å². The second kappa shape index (κ2) is 65.4. The summed E-state index contributed by atoms with van der Waals surface area (Å²) in [6.07, 6.45) is 85.0. The molecular weight excluding hydrogens is 949 g/mol. The van der Waals surface area contributed by atoms with Crippen molar-refractivity contribution in [3.63, 3.8) is 0 Å². The minimum atomic E-state index is -0.783. The number of hydrogen-bond donors (Lipinski definition) is 0. The highest BCUT2D eigenvalue weighted by atomic mass is 16.6. The maximum Gasteiger partial charge on any atom is 0.306 e. The van der Waals surface area contributed by atoms with E-state index in [9.17, 15) is 14.4 Å². The predicted octanol–water partition coefficient (Wildman–Crippen LogP) is 22.9. The molecule has 0 N–H and O–H groups in total. The van der Waals surface area contributed by atoms with Crippen LogP contribution in [-0.4, -0.2) is 37.2 Å². The van der Waals surface area contributed by atoms with Crippen LogP contribution in [0.1, 0.15) is 342 Å². The van der Waals surface area contributed by atoms with Gasteiger partial charge in [0.25, 0.3) is 0 Å². The number of esters is 3. The Morgan fingerprint density at radius 1 is 0.273 bits per heavy atom. The number of carbonyl (C=O) groups is 3. The first kappa shape index (κ1) is 73.8. The molecule has 0 amide bonds. The summed E-state index contributed by atoms with van der Waals surface area (Å²) >= 11 is 0. The first-order chi connectivity index (χ1) is 38.0. The molecule has 0 aromatic rings. The van der Waals surface area contributed by atoms with E-state index in [0.717, 1.165) is 96.3 Å². The number of rotatable bonds is 61. The molecule has 0 heterocycles. The van der Waals surface area contributed by atoms with Gasteiger partial charge >= 0.3 is 17.9 Å². The maximum absolute atomic E-state index is 12.9. The van der Waals surface area contributed by atoms with Crippen molar-refractivity contribution in [2.75, 3.05) is 13.2 Å². The number of hydrogen-bond acceptors (Lipinski definition) is 6. The standard InChI is InChI=1S/C71H126O6/c1-4-7-10-13-16-19-22-24-26-28-30-32-33-34-35-36-37-39-40-42-44-46-49-52-55-58-61-64-70(73)76-67-68(66-75-69(72)63-60-57-54-51-48-21-18-15-12-9-6-3)77-71(74)65-62-59-56-53-50-47-45-43-41-38-31-29-27-25-23-20-17-14-11-8-5-2/h8,11,15,17-18,20,25,27-28,30-31,38,68H,4-7,9-10,12-14,16,19,21-24,26,29,32-37,39-67H2,1-3H3/b11-8-,18-15-,20-17-,27-25-,30-28-,38-31-. The molecule has 446 valence electrons. The Hall–Kier alpha value is -3.15. The van der Waals surface area contributed by atoms with Gasteiger partial charge in [-0.1, -0.05) is 293 Å². The highest BCUT2D eigenvalue weighted by Crippen LogP contribution is 2.17. The molecule has 0 aliphatic carbocycles. The van der Waals surface area contributed by atoms with Gasteiger partial charge in [0.15, 0.2) is 6.10 Å². The fourth-order valence-electron chi connectivity index (χ4n) is 9.65. The van der Waals surface area contributed by atoms with Crippen LogP contribution < -0.4 is 0 Å². The lowest BCUT2D eigenvalue weighted by Gasteiger charge is -2.18. The molecule has 1 unspecified atom stereocenters. The Morgan fingerprint density at radius 3 is 0.844 bits per heavy atom. The van der Waals surface area contributed by atoms with Gasteiger partial charge in [0.2, 0.25) is 0 Å². The molecule has 0 radical (unpaired) electrons. The van der Waals surface area contributed by atoms with Gasteiger partial charge in [-0.15, -0.1) is 0 Å². The summed E-state index contributed by atoms with van der Waals surface area (Å²) < 4.78 is 16.9. The Kier molecular flexibility index (Phi) is 62.7. The molecule has 0 rings (SSSR count). The van der Waals surface area contributed by atoms with E-state index >= 15 is 0 Å². The van der Waals surface area contributed by atoms with Crippen LogP contribution in [0.5, 0.6) is 0 Å². The largest absolute Gasteiger partial charge is 0.462 e. The molecule has 0 saturated carbocycles. The molecule has 0 aromatic heterocycles. The van der Waals surface area contributed by atoms with E-state index in [1.807, 2.05) is 0 Å². The van der Waals surface area contributed by atoms with Crippen LogP contribution in [0.15, 0.2) is 72.9 Å². The summed E-state index contributed by atoms with van der Waals surface area (Å²) in [6, 6.07) is 0. The van der Waals surface area contributed by atoms with Crippen molar-refractivity contribution in [1.82, 2.24) is 0 Å². The minimum Gasteiger partial charge on any atom is -0.462 e. The number of unbranched alkanes of at least 4 members (excludes halogenated alkanes) is 38. The first-order valence-electron chi connectivity index (χ1n) is 33.4. The Bertz CT molecular complexity index is 1420. The van der Waals surface area contributed by atoms with E-state index in [0.29, 0.717) is 19.3 Å². The zero-order valence-corrected chi connectivity index (χ0v) is 51.2. The number of carbonyl (C=O) groups excluding carboxylic acids is 3. The summed E-state index contributed by atoms with van der Waals surface area (Å²) in [4.78, 5) is 38.3. The van der Waals surface area contributed by atoms with Crippen LogP contribution in [0, 0.1) is 0 Å². The van der Waals surface area contributed by atoms with Gasteiger partial charge in [-0.3, -0.25) is 14.4 Å². The minimum absolute atomic E-state index is 0.0790. The van der Waals surface area contributed by atoms with Gasteiger partial charge in [-0.2, -0.15) is 0 Å². The molecule has 0 spiro atoms. The van der Waals surface area contributed by atoms with Gasteiger partial charge < -0.3 is 14.2 Å². The second-order valence-corrected chi connectivity index (χ2v) is 22.3. The predicted molar refractivity (Wildman–Crippen MR) is 335 cm³/mol. The van der Waals surface area contributed by atoms with Crippen molar-refractivity contribution in [2.45, 2.75) is 348 Å². The summed E-state index contributed by atoms with van der Waals surface area (Å²) in [6.45, 7) is 6.52. The van der Waals surface area contributed by atoms with Gasteiger partial charge in [-0.25, -0.2) is 0 Å². The third-order valence-corrected chi connectivity index (χ3v) is 14.7. The van der Waals surface area contributed by atoms with Gasteiger partial charge in [0, 0.05) is 19.3 Å². The third-order valence-electron chi connectivity index (χ3n) is 14.7. The molecule has 77 heavy (non-hydrogen) atoms. The van der Waals surface area contributed by atoms with E-state index in [2.05, 4.69) is 93.7 Å². The smallest absolute Gasteiger partial charge is 0.306 e. The van der Waals surface area contributed by atoms with Crippen LogP contribution in [0.4, 0.5) is 0 Å². The number of allylic oxidation sites excluding steroid dienone is 12. The fourth-order valence-corrected chi connectivity index (χ4v) is 9.65. The topological polar surface area (TPSA) is 78.9 Å². The molecule has 1 atom stereocenters. The zero-order chi connectivity index (χ0) is 55.7. The highest BCUT2D eigenvalue weighted by molar-refractivity contribution is 5.71. The molecule has 0 aliphatic rings. The monoisotopic (exact) mass is 1070 g/mol. The van der Waals surface area contributed by atoms with E-state index in [-0.39, 0.29) is 31.1 Å². The normalized spacial score (nSPS) is 12.5. The molecular formula is C71H126O6. The van der Waals surface area contributed by atoms with Crippen LogP contribution in [0.3, 0.4) is 0 Å². The van der Waals surface area contributed by atoms with Gasteiger partial charge in [0.05, 0.1) is 0 Å². The van der Waals surface area contributed by atoms with Gasteiger partial charge in [0.1, 0.15) is 13.2 Å². The second-order valence-electron chi connectivity index (χ2n) is 22.3. The fraction of sp³-hybridized carbons (Fsp3) is 0.789. The van der Waals surface area contributed by atoms with Gasteiger partial charge in [-0.05, 0) is 103 Å². The van der Waals surface area contributed by atoms with Crippen molar-refractivity contribution < 1.29 is 28.6 Å². The lowest BCUT2D eigenvalue weighted by Crippen LogP contribution is -2.30. The molecule has 0 aromatic carbocycles. The van der Waals surface area contributed by atoms with E-state index in [1.54, 1.807) is 0 Å². The van der Waals surface area contributed by atoms with E-state index in [1.165, 1.54) is 205 Å². The van der Waals surface area contributed by atoms with Crippen molar-refractivity contribution in [2.24, 2.45) is 0 Å². The summed E-state index contributed by atoms with van der Waals surface area (Å²) in [5.74, 6) is -0.882. The summed E-state index contributed by atoms with van der Waals surface area (Å²) in [5, 5.41) is 0. The summed E-state index contributed by atoms with van der Waals surface area (Å²) in [5.41, 5.74) is 0. The van der Waals surface area contributed by atoms with Crippen molar-refractivity contribution in [3.8, 4) is 0 Å². The SMILES string of the molecule is CC/C=C\C/C=C\C/C=C\C/C=C\CCCCCCCCCCC(=O)OC(COC(=O)CCCCCCC/C=C\CCCC)COC(=O)CCCCCCCCCCCCCCCCC/C=C\CCCCCCCCCC. The number of ether oxygens (including phenoxy) is 3. The molecule has 6 heteroatoms. The van der Waals surface area contributed by atoms with E-state index in [4.69, 9.17) is 14.2 Å². The maximum atomic E-state index is 12.9. The Labute approximate surface area is 478 Å². The van der Waals surface area contributed by atoms with Crippen LogP contribution in [-0.2, 0) is 28.6 Å². The quantitative estimate of drug-likeness (QED) is 0.0261. The lowest BCUT2D eigenvalue weighted by molar-refractivity contribution is -0.167. The average Bonchev–Trinajstić information content (AvgIpc) is 3.43. The average molecular weight is 1080 g/mol. The highest BCUT2D eigenvalue weighted by Gasteiger charge is 2.19. The van der Waals surface area contributed by atoms with Crippen LogP contribution in [0.2, 0.25) is 0 Å². The van der Waals surface area contributed by atoms with Crippen LogP contribution >= 0.6 is 0 Å². The first-order valence-corrected chi connectivity index (χ1v) is 33.4. The summed E-state index contributed by atoms with van der Waals surface area (Å²) in [7, 11) is 0.